The number of ether oxygens (including phenoxy) is 1. The maximum atomic E-state index is 13.1. The van der Waals surface area contributed by atoms with E-state index in [4.69, 9.17) is 4.74 Å². The van der Waals surface area contributed by atoms with Crippen LogP contribution in [-0.4, -0.2) is 23.5 Å². The van der Waals surface area contributed by atoms with E-state index in [1.54, 1.807) is 31.4 Å². The summed E-state index contributed by atoms with van der Waals surface area (Å²) in [6.45, 7) is 2.88. The highest BCUT2D eigenvalue weighted by atomic mass is 16.5. The molecule has 2 heterocycles. The molecular formula is C21H20N2O3. The van der Waals surface area contributed by atoms with Gasteiger partial charge in [0, 0.05) is 36.1 Å². The van der Waals surface area contributed by atoms with Crippen LogP contribution in [0.1, 0.15) is 24.8 Å². The van der Waals surface area contributed by atoms with Gasteiger partial charge in [-0.3, -0.25) is 9.59 Å². The van der Waals surface area contributed by atoms with Crippen LogP contribution in [-0.2, 0) is 16.1 Å². The highest BCUT2D eigenvalue weighted by Gasteiger charge is 2.41. The van der Waals surface area contributed by atoms with Crippen molar-refractivity contribution in [2.24, 2.45) is 0 Å². The van der Waals surface area contributed by atoms with Crippen molar-refractivity contribution in [3.63, 3.8) is 0 Å². The zero-order valence-electron chi connectivity index (χ0n) is 14.8. The summed E-state index contributed by atoms with van der Waals surface area (Å²) >= 11 is 0. The van der Waals surface area contributed by atoms with Crippen molar-refractivity contribution in [1.29, 1.82) is 0 Å². The smallest absolute Gasteiger partial charge is 0.241 e. The van der Waals surface area contributed by atoms with Crippen molar-refractivity contribution in [3.05, 3.63) is 60.3 Å². The van der Waals surface area contributed by atoms with Gasteiger partial charge >= 0.3 is 0 Å². The van der Waals surface area contributed by atoms with Gasteiger partial charge in [-0.05, 0) is 30.7 Å². The molecule has 0 N–H and O–H groups in total. The monoisotopic (exact) mass is 348 g/mol. The lowest BCUT2D eigenvalue weighted by Gasteiger charge is -2.15. The quantitative estimate of drug-likeness (QED) is 0.675. The normalized spacial score (nSPS) is 17.3. The fourth-order valence-electron chi connectivity index (χ4n) is 3.71. The Morgan fingerprint density at radius 1 is 1.12 bits per heavy atom. The number of hydrogen-bond donors (Lipinski definition) is 0. The molecule has 4 rings (SSSR count). The number of anilines is 1. The van der Waals surface area contributed by atoms with Gasteiger partial charge in [-0.15, -0.1) is 0 Å². The number of methoxy groups -OCH3 is 1. The number of nitrogens with zero attached hydrogens (tertiary/aromatic N) is 2. The van der Waals surface area contributed by atoms with Crippen molar-refractivity contribution in [1.82, 2.24) is 4.57 Å². The largest absolute Gasteiger partial charge is 0.497 e. The lowest BCUT2D eigenvalue weighted by atomic mass is 9.97. The van der Waals surface area contributed by atoms with Gasteiger partial charge in [0.25, 0.3) is 0 Å². The molecule has 1 atom stereocenters. The van der Waals surface area contributed by atoms with Gasteiger partial charge in [-0.25, -0.2) is 4.90 Å². The van der Waals surface area contributed by atoms with Gasteiger partial charge in [-0.2, -0.15) is 0 Å². The van der Waals surface area contributed by atoms with Gasteiger partial charge in [0.1, 0.15) is 5.75 Å². The predicted octanol–water partition coefficient (Wildman–Crippen LogP) is 3.72. The number of para-hydroxylation sites is 1. The van der Waals surface area contributed by atoms with Crippen LogP contribution in [0, 0.1) is 0 Å². The maximum Gasteiger partial charge on any atom is 0.241 e. The summed E-state index contributed by atoms with van der Waals surface area (Å²) in [5.41, 5.74) is 2.57. The second-order valence-electron chi connectivity index (χ2n) is 6.41. The third-order valence-electron chi connectivity index (χ3n) is 4.99. The zero-order chi connectivity index (χ0) is 18.3. The lowest BCUT2D eigenvalue weighted by molar-refractivity contribution is -0.121. The van der Waals surface area contributed by atoms with Gasteiger partial charge in [-0.1, -0.05) is 24.3 Å². The minimum absolute atomic E-state index is 0.178. The SMILES string of the molecule is CCn1cc([C@@H]2CC(=O)N(c3cccc(OC)c3)C2=O)c2ccccc21. The van der Waals surface area contributed by atoms with Gasteiger partial charge < -0.3 is 9.30 Å². The molecule has 2 aromatic carbocycles. The topological polar surface area (TPSA) is 51.5 Å². The molecule has 1 fully saturated rings. The molecule has 0 spiro atoms. The fraction of sp³-hybridized carbons (Fsp3) is 0.238. The summed E-state index contributed by atoms with van der Waals surface area (Å²) < 4.78 is 7.34. The number of fused-ring (bicyclic) bond motifs is 1. The number of hydrogen-bond acceptors (Lipinski definition) is 3. The molecule has 0 radical (unpaired) electrons. The number of imide groups is 1. The van der Waals surface area contributed by atoms with E-state index < -0.39 is 5.92 Å². The summed E-state index contributed by atoms with van der Waals surface area (Å²) in [4.78, 5) is 27.0. The van der Waals surface area contributed by atoms with Crippen LogP contribution < -0.4 is 9.64 Å². The fourth-order valence-corrected chi connectivity index (χ4v) is 3.71. The summed E-state index contributed by atoms with van der Waals surface area (Å²) in [5, 5.41) is 1.04. The first-order valence-electron chi connectivity index (χ1n) is 8.72. The molecule has 1 saturated heterocycles. The van der Waals surface area contributed by atoms with Crippen LogP contribution in [0.5, 0.6) is 5.75 Å². The van der Waals surface area contributed by atoms with Gasteiger partial charge in [0.05, 0.1) is 18.7 Å². The summed E-state index contributed by atoms with van der Waals surface area (Å²) in [6, 6.07) is 15.1. The van der Waals surface area contributed by atoms with Crippen LogP contribution in [0.4, 0.5) is 5.69 Å². The van der Waals surface area contributed by atoms with E-state index in [1.807, 2.05) is 30.5 Å². The molecule has 2 amide bonds. The maximum absolute atomic E-state index is 13.1. The van der Waals surface area contributed by atoms with Crippen LogP contribution in [0.3, 0.4) is 0 Å². The van der Waals surface area contributed by atoms with Crippen LogP contribution in [0.25, 0.3) is 10.9 Å². The molecule has 5 heteroatoms. The number of benzene rings is 2. The van der Waals surface area contributed by atoms with Crippen molar-refractivity contribution < 1.29 is 14.3 Å². The Morgan fingerprint density at radius 2 is 1.92 bits per heavy atom. The Balaban J connectivity index is 1.76. The highest BCUT2D eigenvalue weighted by molar-refractivity contribution is 6.23. The minimum Gasteiger partial charge on any atom is -0.497 e. The average molecular weight is 348 g/mol. The van der Waals surface area contributed by atoms with Crippen molar-refractivity contribution in [3.8, 4) is 5.75 Å². The molecule has 132 valence electrons. The van der Waals surface area contributed by atoms with Crippen molar-refractivity contribution >= 4 is 28.4 Å². The summed E-state index contributed by atoms with van der Waals surface area (Å²) in [5.74, 6) is -0.190. The minimum atomic E-state index is -0.452. The molecule has 1 aliphatic heterocycles. The molecule has 0 unspecified atom stereocenters. The van der Waals surface area contributed by atoms with E-state index in [0.29, 0.717) is 11.4 Å². The molecular weight excluding hydrogens is 328 g/mol. The average Bonchev–Trinajstić information content (AvgIpc) is 3.18. The van der Waals surface area contributed by atoms with Crippen molar-refractivity contribution in [2.75, 3.05) is 12.0 Å². The molecule has 1 aliphatic rings. The zero-order valence-corrected chi connectivity index (χ0v) is 14.8. The number of aryl methyl sites for hydroxylation is 1. The molecule has 0 bridgehead atoms. The van der Waals surface area contributed by atoms with E-state index in [9.17, 15) is 9.59 Å². The number of aromatic nitrogens is 1. The highest BCUT2D eigenvalue weighted by Crippen LogP contribution is 2.38. The first-order valence-corrected chi connectivity index (χ1v) is 8.72. The number of rotatable bonds is 4. The lowest BCUT2D eigenvalue weighted by Crippen LogP contribution is -2.30. The Bertz CT molecular complexity index is 1010. The number of carbonyl (C=O) groups excluding carboxylic acids is 2. The Morgan fingerprint density at radius 3 is 2.69 bits per heavy atom. The standard InChI is InChI=1S/C21H20N2O3/c1-3-22-13-18(16-9-4-5-10-19(16)22)17-12-20(24)23(21(17)25)14-7-6-8-15(11-14)26-2/h4-11,13,17H,3,12H2,1-2H3/t17-/m0/s1. The summed E-state index contributed by atoms with van der Waals surface area (Å²) in [7, 11) is 1.56. The third kappa shape index (κ3) is 2.47. The van der Waals surface area contributed by atoms with Crippen LogP contribution >= 0.6 is 0 Å². The molecule has 1 aromatic heterocycles. The van der Waals surface area contributed by atoms with E-state index in [1.165, 1.54) is 4.90 Å². The Labute approximate surface area is 151 Å². The van der Waals surface area contributed by atoms with E-state index in [-0.39, 0.29) is 18.2 Å². The van der Waals surface area contributed by atoms with Gasteiger partial charge in [0.15, 0.2) is 0 Å². The molecule has 0 saturated carbocycles. The predicted molar refractivity (Wildman–Crippen MR) is 100 cm³/mol. The second kappa shape index (κ2) is 6.33. The molecule has 0 aliphatic carbocycles. The first kappa shape index (κ1) is 16.4. The number of amides is 2. The van der Waals surface area contributed by atoms with E-state index >= 15 is 0 Å². The Hall–Kier alpha value is -3.08. The molecule has 26 heavy (non-hydrogen) atoms. The Kier molecular flexibility index (Phi) is 3.99. The third-order valence-corrected chi connectivity index (χ3v) is 4.99. The molecule has 3 aromatic rings. The van der Waals surface area contributed by atoms with Crippen molar-refractivity contribution in [2.45, 2.75) is 25.8 Å². The second-order valence-corrected chi connectivity index (χ2v) is 6.41. The van der Waals surface area contributed by atoms with E-state index in [2.05, 4.69) is 11.5 Å². The number of carbonyl (C=O) groups is 2. The van der Waals surface area contributed by atoms with Crippen LogP contribution in [0.2, 0.25) is 0 Å². The van der Waals surface area contributed by atoms with E-state index in [0.717, 1.165) is 23.0 Å². The van der Waals surface area contributed by atoms with Crippen LogP contribution in [0.15, 0.2) is 54.7 Å². The molecule has 5 nitrogen and oxygen atoms in total. The van der Waals surface area contributed by atoms with Gasteiger partial charge in [0.2, 0.25) is 11.8 Å². The summed E-state index contributed by atoms with van der Waals surface area (Å²) in [6.07, 6.45) is 2.20. The first-order chi connectivity index (χ1) is 12.6.